The molecule has 4 aromatic rings. The first-order valence-corrected chi connectivity index (χ1v) is 14.3. The third-order valence-electron chi connectivity index (χ3n) is 7.32. The van der Waals surface area contributed by atoms with Crippen molar-refractivity contribution >= 4 is 36.2 Å². The van der Waals surface area contributed by atoms with E-state index in [0.29, 0.717) is 5.02 Å². The molecule has 1 aromatic heterocycles. The second-order valence-electron chi connectivity index (χ2n) is 10.0. The van der Waals surface area contributed by atoms with E-state index in [2.05, 4.69) is 27.0 Å². The first-order valence-electron chi connectivity index (χ1n) is 12.5. The molecule has 0 radical (unpaired) electrons. The van der Waals surface area contributed by atoms with E-state index in [4.69, 9.17) is 11.6 Å². The van der Waals surface area contributed by atoms with Gasteiger partial charge in [0.2, 0.25) is 5.91 Å². The first-order chi connectivity index (χ1) is 18.1. The maximum atomic E-state index is 13.9. The number of carbonyl (C=O) groups excluding carboxylic acids is 1. The van der Waals surface area contributed by atoms with E-state index in [1.165, 1.54) is 0 Å². The van der Waals surface area contributed by atoms with Gasteiger partial charge < -0.3 is 29.2 Å². The number of aromatic nitrogens is 1. The Kier molecular flexibility index (Phi) is 11.4. The Labute approximate surface area is 283 Å². The Bertz CT molecular complexity index is 1570. The number of H-pyrrole nitrogens is 1. The molecule has 1 amide bonds. The van der Waals surface area contributed by atoms with Crippen LogP contribution >= 0.6 is 19.4 Å². The quantitative estimate of drug-likeness (QED) is 0.185. The van der Waals surface area contributed by atoms with Crippen molar-refractivity contribution in [3.8, 4) is 0 Å². The van der Waals surface area contributed by atoms with Crippen LogP contribution in [0.25, 0.3) is 10.9 Å². The zero-order chi connectivity index (χ0) is 27.1. The summed E-state index contributed by atoms with van der Waals surface area (Å²) < 4.78 is 15.2. The van der Waals surface area contributed by atoms with Crippen molar-refractivity contribution in [2.45, 2.75) is 44.6 Å². The molecule has 1 unspecified atom stereocenters. The van der Waals surface area contributed by atoms with Crippen molar-refractivity contribution in [1.29, 1.82) is 0 Å². The van der Waals surface area contributed by atoms with E-state index in [0.717, 1.165) is 57.1 Å². The Hall–Kier alpha value is -0.930. The van der Waals surface area contributed by atoms with E-state index in [-0.39, 0.29) is 84.1 Å². The topological polar surface area (TPSA) is 117 Å². The molecule has 1 atom stereocenters. The number of aryl methyl sites for hydroxylation is 2. The predicted octanol–water partition coefficient (Wildman–Crippen LogP) is -1.23. The summed E-state index contributed by atoms with van der Waals surface area (Å²) in [5, 5.41) is 4.80. The summed E-state index contributed by atoms with van der Waals surface area (Å²) in [7, 11) is -5.03. The molecule has 11 heteroatoms. The number of carbonyl (C=O) groups is 1. The Morgan fingerprint density at radius 1 is 1.10 bits per heavy atom. The van der Waals surface area contributed by atoms with E-state index in [1.807, 2.05) is 62.4 Å². The van der Waals surface area contributed by atoms with Crippen molar-refractivity contribution in [2.75, 3.05) is 6.61 Å². The van der Waals surface area contributed by atoms with Crippen molar-refractivity contribution in [3.05, 3.63) is 105 Å². The number of rotatable bonds is 9. The van der Waals surface area contributed by atoms with Crippen LogP contribution in [0, 0.1) is 13.8 Å². The summed E-state index contributed by atoms with van der Waals surface area (Å²) in [5.41, 5.74) is 6.07. The van der Waals surface area contributed by atoms with Gasteiger partial charge in [-0.1, -0.05) is 53.6 Å². The minimum Gasteiger partial charge on any atom is -0.790 e. The van der Waals surface area contributed by atoms with Gasteiger partial charge in [-0.2, -0.15) is 0 Å². The van der Waals surface area contributed by atoms with Gasteiger partial charge in [-0.3, -0.25) is 4.79 Å². The average Bonchev–Trinajstić information content (AvgIpc) is 3.58. The second-order valence-corrected chi connectivity index (χ2v) is 11.6. The minimum absolute atomic E-state index is 0. The molecule has 1 saturated carbocycles. The van der Waals surface area contributed by atoms with Crippen molar-refractivity contribution < 1.29 is 82.8 Å². The number of benzene rings is 3. The van der Waals surface area contributed by atoms with E-state index < -0.39 is 13.2 Å². The van der Waals surface area contributed by atoms with Crippen LogP contribution in [0.2, 0.25) is 5.02 Å². The molecular formula is C29H28ClN2Na2O5P. The third-order valence-corrected chi connectivity index (χ3v) is 8.05. The van der Waals surface area contributed by atoms with Gasteiger partial charge in [-0.25, -0.2) is 0 Å². The molecule has 1 aliphatic carbocycles. The van der Waals surface area contributed by atoms with Gasteiger partial charge >= 0.3 is 59.1 Å². The number of hydrogen-bond acceptors (Lipinski definition) is 5. The van der Waals surface area contributed by atoms with Crippen molar-refractivity contribution in [1.82, 2.24) is 10.3 Å². The largest absolute Gasteiger partial charge is 1.00 e. The molecule has 0 aliphatic heterocycles. The number of nitrogens with one attached hydrogen (secondary N) is 2. The van der Waals surface area contributed by atoms with Crippen LogP contribution in [0.5, 0.6) is 0 Å². The van der Waals surface area contributed by atoms with Gasteiger partial charge in [0.05, 0.1) is 25.9 Å². The van der Waals surface area contributed by atoms with Crippen LogP contribution in [0.1, 0.15) is 52.3 Å². The van der Waals surface area contributed by atoms with E-state index >= 15 is 0 Å². The molecule has 1 aliphatic rings. The molecular weight excluding hydrogens is 569 g/mol. The summed E-state index contributed by atoms with van der Waals surface area (Å²) in [6, 6.07) is 19.3. The summed E-state index contributed by atoms with van der Waals surface area (Å²) in [6.45, 7) is 3.85. The van der Waals surface area contributed by atoms with Gasteiger partial charge in [0.15, 0.2) is 0 Å². The van der Waals surface area contributed by atoms with Gasteiger partial charge in [-0.15, -0.1) is 0 Å². The fraction of sp³-hybridized carbons (Fsp3) is 0.276. The number of hydrogen-bond donors (Lipinski definition) is 2. The maximum absolute atomic E-state index is 13.9. The van der Waals surface area contributed by atoms with Crippen LogP contribution in [0.15, 0.2) is 66.9 Å². The molecule has 40 heavy (non-hydrogen) atoms. The number of halogens is 1. The SMILES string of the molecule is Cc1ccc(C(NC(=O)C2(c3ccc4[nH]cc(CCOP(=O)([O-])[O-])c4c3)CC2)c2cccc(Cl)c2)c(C)c1.[Na+].[Na+]. The number of phosphoric acid groups is 1. The van der Waals surface area contributed by atoms with Crippen LogP contribution in [-0.2, 0) is 25.7 Å². The number of aromatic amines is 1. The van der Waals surface area contributed by atoms with Gasteiger partial charge in [0.25, 0.3) is 0 Å². The second kappa shape index (κ2) is 13.6. The van der Waals surface area contributed by atoms with E-state index in [1.54, 1.807) is 6.20 Å². The molecule has 7 nitrogen and oxygen atoms in total. The molecule has 3 aromatic carbocycles. The predicted molar refractivity (Wildman–Crippen MR) is 144 cm³/mol. The molecule has 198 valence electrons. The van der Waals surface area contributed by atoms with E-state index in [9.17, 15) is 19.1 Å². The molecule has 1 heterocycles. The number of phosphoric ester groups is 1. The standard InChI is InChI=1S/C29H30ClN2O5P.2Na/c1-18-6-8-24(19(2)14-18)27(20-4-3-5-23(30)15-20)32-28(33)29(11-12-29)22-7-9-26-25(16-22)21(17-31-26)10-13-37-38(34,35)36;;/h3-9,14-17,27,31H,10-13H2,1-2H3,(H,32,33)(H2,34,35,36);;/q;2*+1/p-2. The zero-order valence-electron chi connectivity index (χ0n) is 23.1. The van der Waals surface area contributed by atoms with Crippen LogP contribution in [0.3, 0.4) is 0 Å². The molecule has 1 fully saturated rings. The maximum Gasteiger partial charge on any atom is 1.00 e. The summed E-state index contributed by atoms with van der Waals surface area (Å²) in [4.78, 5) is 38.7. The summed E-state index contributed by atoms with van der Waals surface area (Å²) in [6.07, 6.45) is 3.46. The van der Waals surface area contributed by atoms with Crippen molar-refractivity contribution in [3.63, 3.8) is 0 Å². The average molecular weight is 597 g/mol. The van der Waals surface area contributed by atoms with Crippen molar-refractivity contribution in [2.24, 2.45) is 0 Å². The zero-order valence-corrected chi connectivity index (χ0v) is 28.8. The molecule has 2 N–H and O–H groups in total. The molecule has 0 bridgehead atoms. The minimum atomic E-state index is -5.03. The van der Waals surface area contributed by atoms with Crippen LogP contribution in [-0.4, -0.2) is 17.5 Å². The number of amides is 1. The fourth-order valence-electron chi connectivity index (χ4n) is 5.17. The normalized spacial score (nSPS) is 14.6. The Morgan fingerprint density at radius 3 is 2.50 bits per heavy atom. The molecule has 0 spiro atoms. The van der Waals surface area contributed by atoms with Gasteiger partial charge in [-0.05, 0) is 85.2 Å². The Balaban J connectivity index is 0.00000220. The third kappa shape index (κ3) is 7.52. The fourth-order valence-corrected chi connectivity index (χ4v) is 5.68. The van der Waals surface area contributed by atoms with Gasteiger partial charge in [0.1, 0.15) is 0 Å². The monoisotopic (exact) mass is 596 g/mol. The van der Waals surface area contributed by atoms with Crippen LogP contribution < -0.4 is 74.2 Å². The number of fused-ring (bicyclic) bond motifs is 1. The molecule has 5 rings (SSSR count). The Morgan fingerprint density at radius 2 is 1.85 bits per heavy atom. The summed E-state index contributed by atoms with van der Waals surface area (Å²) in [5.74, 6) is -0.0548. The first kappa shape index (κ1) is 33.6. The smallest absolute Gasteiger partial charge is 0.790 e. The molecule has 0 saturated heterocycles. The summed E-state index contributed by atoms with van der Waals surface area (Å²) >= 11 is 6.32. The van der Waals surface area contributed by atoms with Gasteiger partial charge in [0, 0.05) is 22.1 Å². The van der Waals surface area contributed by atoms with Crippen LogP contribution in [0.4, 0.5) is 0 Å².